The smallest absolute Gasteiger partial charge is 0.444 e. The molecule has 0 bridgehead atoms. The second-order valence-corrected chi connectivity index (χ2v) is 5.52. The minimum absolute atomic E-state index is 0.0631. The zero-order valence-electron chi connectivity index (χ0n) is 13.5. The molecular formula is C17H13ClF5NO3. The minimum atomic E-state index is -4.18. The van der Waals surface area contributed by atoms with E-state index in [9.17, 15) is 26.7 Å². The fourth-order valence-corrected chi connectivity index (χ4v) is 1.99. The van der Waals surface area contributed by atoms with E-state index >= 15 is 0 Å². The molecule has 0 heterocycles. The van der Waals surface area contributed by atoms with E-state index in [0.717, 1.165) is 30.3 Å². The van der Waals surface area contributed by atoms with Crippen LogP contribution in [0.2, 0.25) is 0 Å². The van der Waals surface area contributed by atoms with Crippen molar-refractivity contribution in [2.24, 2.45) is 0 Å². The Bertz CT molecular complexity index is 766. The summed E-state index contributed by atoms with van der Waals surface area (Å²) in [5, 5.41) is 2.28. The Labute approximate surface area is 155 Å². The maximum Gasteiger partial charge on any atom is 0.444 e. The summed E-state index contributed by atoms with van der Waals surface area (Å²) in [6.45, 7) is -0.134. The SMILES string of the molecule is O=C(NCCOc1ccc(OC(F)(F)C(F)Cl)cc1)c1c(F)cccc1F. The van der Waals surface area contributed by atoms with Gasteiger partial charge in [0.1, 0.15) is 35.3 Å². The van der Waals surface area contributed by atoms with Crippen LogP contribution < -0.4 is 14.8 Å². The molecule has 1 unspecified atom stereocenters. The van der Waals surface area contributed by atoms with Crippen LogP contribution in [0.3, 0.4) is 0 Å². The second-order valence-electron chi connectivity index (χ2n) is 5.14. The Hall–Kier alpha value is -2.55. The molecule has 2 aromatic rings. The van der Waals surface area contributed by atoms with E-state index in [2.05, 4.69) is 21.7 Å². The van der Waals surface area contributed by atoms with Crippen LogP contribution in [0.1, 0.15) is 10.4 Å². The standard InChI is InChI=1S/C17H13ClF5NO3/c18-16(21)17(22,23)27-11-6-4-10(5-7-11)26-9-8-24-15(25)14-12(19)2-1-3-13(14)20/h1-7,16H,8-9H2,(H,24,25). The molecule has 4 nitrogen and oxygen atoms in total. The quantitative estimate of drug-likeness (QED) is 0.402. The number of carbonyl (C=O) groups excluding carboxylic acids is 1. The van der Waals surface area contributed by atoms with Crippen molar-refractivity contribution in [2.45, 2.75) is 11.7 Å². The molecule has 0 saturated heterocycles. The number of nitrogens with one attached hydrogen (secondary N) is 1. The van der Waals surface area contributed by atoms with Crippen molar-refractivity contribution in [3.05, 3.63) is 59.7 Å². The van der Waals surface area contributed by atoms with Crippen molar-refractivity contribution in [3.63, 3.8) is 0 Å². The molecular weight excluding hydrogens is 397 g/mol. The van der Waals surface area contributed by atoms with Crippen LogP contribution in [0.5, 0.6) is 11.5 Å². The van der Waals surface area contributed by atoms with Gasteiger partial charge >= 0.3 is 6.11 Å². The summed E-state index contributed by atoms with van der Waals surface area (Å²) in [4.78, 5) is 11.8. The molecule has 0 fully saturated rings. The van der Waals surface area contributed by atoms with Crippen LogP contribution in [-0.2, 0) is 0 Å². The highest BCUT2D eigenvalue weighted by Gasteiger charge is 2.42. The van der Waals surface area contributed by atoms with E-state index in [-0.39, 0.29) is 24.7 Å². The molecule has 1 N–H and O–H groups in total. The lowest BCUT2D eigenvalue weighted by Gasteiger charge is -2.17. The summed E-state index contributed by atoms with van der Waals surface area (Å²) in [5.74, 6) is -3.03. The van der Waals surface area contributed by atoms with E-state index in [1.807, 2.05) is 0 Å². The molecule has 1 amide bonds. The predicted octanol–water partition coefficient (Wildman–Crippen LogP) is 4.28. The predicted molar refractivity (Wildman–Crippen MR) is 87.0 cm³/mol. The number of hydrogen-bond acceptors (Lipinski definition) is 3. The molecule has 0 aliphatic rings. The van der Waals surface area contributed by atoms with E-state index in [4.69, 9.17) is 4.74 Å². The number of amides is 1. The highest BCUT2D eigenvalue weighted by molar-refractivity contribution is 6.20. The van der Waals surface area contributed by atoms with Crippen LogP contribution in [0.25, 0.3) is 0 Å². The van der Waals surface area contributed by atoms with Gasteiger partial charge in [0.2, 0.25) is 0 Å². The first-order chi connectivity index (χ1) is 12.7. The minimum Gasteiger partial charge on any atom is -0.492 e. The lowest BCUT2D eigenvalue weighted by Crippen LogP contribution is -2.32. The van der Waals surface area contributed by atoms with E-state index in [1.165, 1.54) is 12.1 Å². The summed E-state index contributed by atoms with van der Waals surface area (Å²) in [7, 11) is 0. The fourth-order valence-electron chi connectivity index (χ4n) is 1.94. The molecule has 2 rings (SSSR count). The van der Waals surface area contributed by atoms with E-state index < -0.39 is 34.8 Å². The molecule has 0 saturated carbocycles. The van der Waals surface area contributed by atoms with Gasteiger partial charge in [-0.15, -0.1) is 0 Å². The average Bonchev–Trinajstić information content (AvgIpc) is 2.59. The number of hydrogen-bond donors (Lipinski definition) is 1. The van der Waals surface area contributed by atoms with Gasteiger partial charge in [0.05, 0.1) is 6.54 Å². The number of rotatable bonds is 8. The molecule has 0 aliphatic carbocycles. The number of ether oxygens (including phenoxy) is 2. The summed E-state index contributed by atoms with van der Waals surface area (Å²) in [6.07, 6.45) is -4.18. The highest BCUT2D eigenvalue weighted by Crippen LogP contribution is 2.29. The molecule has 1 atom stereocenters. The number of carbonyl (C=O) groups is 1. The van der Waals surface area contributed by atoms with Gasteiger partial charge in [-0.05, 0) is 36.4 Å². The first kappa shape index (κ1) is 20.8. The van der Waals surface area contributed by atoms with Gasteiger partial charge in [-0.1, -0.05) is 17.7 Å². The van der Waals surface area contributed by atoms with Crippen molar-refractivity contribution >= 4 is 17.5 Å². The maximum atomic E-state index is 13.5. The summed E-state index contributed by atoms with van der Waals surface area (Å²) < 4.78 is 74.7. The summed E-state index contributed by atoms with van der Waals surface area (Å²) in [6, 6.07) is 7.80. The first-order valence-corrected chi connectivity index (χ1v) is 7.94. The summed E-state index contributed by atoms with van der Waals surface area (Å²) in [5.41, 5.74) is -3.71. The van der Waals surface area contributed by atoms with E-state index in [1.54, 1.807) is 0 Å². The average molecular weight is 410 g/mol. The van der Waals surface area contributed by atoms with E-state index in [0.29, 0.717) is 0 Å². The fraction of sp³-hybridized carbons (Fsp3) is 0.235. The van der Waals surface area contributed by atoms with Crippen LogP contribution in [0.15, 0.2) is 42.5 Å². The Morgan fingerprint density at radius 2 is 1.63 bits per heavy atom. The Morgan fingerprint density at radius 1 is 1.07 bits per heavy atom. The van der Waals surface area contributed by atoms with Gasteiger partial charge in [0.25, 0.3) is 11.5 Å². The van der Waals surface area contributed by atoms with Crippen LogP contribution in [0.4, 0.5) is 22.0 Å². The molecule has 0 spiro atoms. The molecule has 0 aliphatic heterocycles. The third kappa shape index (κ3) is 5.72. The van der Waals surface area contributed by atoms with Crippen LogP contribution >= 0.6 is 11.6 Å². The van der Waals surface area contributed by atoms with Crippen LogP contribution in [-0.4, -0.2) is 30.8 Å². The van der Waals surface area contributed by atoms with Gasteiger partial charge in [-0.2, -0.15) is 8.78 Å². The Kier molecular flexibility index (Phi) is 6.84. The zero-order valence-corrected chi connectivity index (χ0v) is 14.3. The monoisotopic (exact) mass is 409 g/mol. The largest absolute Gasteiger partial charge is 0.492 e. The molecule has 2 aromatic carbocycles. The normalized spacial score (nSPS) is 12.4. The number of benzene rings is 2. The molecule has 10 heteroatoms. The van der Waals surface area contributed by atoms with Crippen molar-refractivity contribution < 1.29 is 36.2 Å². The van der Waals surface area contributed by atoms with Gasteiger partial charge < -0.3 is 14.8 Å². The lowest BCUT2D eigenvalue weighted by molar-refractivity contribution is -0.199. The van der Waals surface area contributed by atoms with Crippen molar-refractivity contribution in [1.82, 2.24) is 5.32 Å². The lowest BCUT2D eigenvalue weighted by atomic mass is 10.2. The molecule has 146 valence electrons. The number of alkyl halides is 4. The molecule has 27 heavy (non-hydrogen) atoms. The molecule has 0 radical (unpaired) electrons. The Morgan fingerprint density at radius 3 is 2.19 bits per heavy atom. The Balaban J connectivity index is 1.81. The van der Waals surface area contributed by atoms with Gasteiger partial charge in [0, 0.05) is 0 Å². The second kappa shape index (κ2) is 8.90. The summed E-state index contributed by atoms with van der Waals surface area (Å²) >= 11 is 4.68. The highest BCUT2D eigenvalue weighted by atomic mass is 35.5. The molecule has 0 aromatic heterocycles. The third-order valence-corrected chi connectivity index (χ3v) is 3.43. The van der Waals surface area contributed by atoms with Gasteiger partial charge in [0.15, 0.2) is 0 Å². The van der Waals surface area contributed by atoms with Gasteiger partial charge in [-0.3, -0.25) is 4.79 Å². The third-order valence-electron chi connectivity index (χ3n) is 3.18. The van der Waals surface area contributed by atoms with Gasteiger partial charge in [-0.25, -0.2) is 13.2 Å². The van der Waals surface area contributed by atoms with Crippen molar-refractivity contribution in [3.8, 4) is 11.5 Å². The van der Waals surface area contributed by atoms with Crippen molar-refractivity contribution in [1.29, 1.82) is 0 Å². The van der Waals surface area contributed by atoms with Crippen LogP contribution in [0, 0.1) is 11.6 Å². The van der Waals surface area contributed by atoms with Crippen molar-refractivity contribution in [2.75, 3.05) is 13.2 Å². The topological polar surface area (TPSA) is 47.6 Å². The maximum absolute atomic E-state index is 13.5. The first-order valence-electron chi connectivity index (χ1n) is 7.51. The number of halogens is 6. The zero-order chi connectivity index (χ0) is 20.0.